The first-order valence-corrected chi connectivity index (χ1v) is 8.50. The van der Waals surface area contributed by atoms with Gasteiger partial charge in [-0.2, -0.15) is 0 Å². The van der Waals surface area contributed by atoms with Gasteiger partial charge in [-0.1, -0.05) is 11.6 Å². The number of imidazole rings is 1. The van der Waals surface area contributed by atoms with E-state index in [0.29, 0.717) is 32.6 Å². The topological polar surface area (TPSA) is 70.5 Å². The summed E-state index contributed by atoms with van der Waals surface area (Å²) in [7, 11) is 1.92. The van der Waals surface area contributed by atoms with E-state index in [1.165, 1.54) is 5.57 Å². The Morgan fingerprint density at radius 2 is 2.25 bits per heavy atom. The fraction of sp³-hybridized carbons (Fsp3) is 0.588. The molecule has 1 unspecified atom stereocenters. The summed E-state index contributed by atoms with van der Waals surface area (Å²) >= 11 is 0. The number of aromatic nitrogens is 2. The van der Waals surface area contributed by atoms with Crippen LogP contribution in [0.1, 0.15) is 32.0 Å². The molecule has 1 saturated heterocycles. The van der Waals surface area contributed by atoms with Crippen molar-refractivity contribution in [1.82, 2.24) is 24.7 Å². The highest BCUT2D eigenvalue weighted by molar-refractivity contribution is 5.87. The number of likely N-dealkylation sites (tertiary alicyclic amines) is 1. The first-order valence-electron chi connectivity index (χ1n) is 8.50. The molecule has 0 aromatic carbocycles. The Labute approximate surface area is 142 Å². The van der Waals surface area contributed by atoms with E-state index in [-0.39, 0.29) is 11.9 Å². The number of amides is 3. The minimum atomic E-state index is -0.433. The average Bonchev–Trinajstić information content (AvgIpc) is 2.96. The molecule has 1 aromatic rings. The number of aryl methyl sites for hydroxylation is 1. The Kier molecular flexibility index (Phi) is 4.87. The van der Waals surface area contributed by atoms with E-state index < -0.39 is 6.04 Å². The van der Waals surface area contributed by atoms with Gasteiger partial charge in [-0.3, -0.25) is 4.79 Å². The maximum absolute atomic E-state index is 12.7. The number of nitrogens with zero attached hydrogens (tertiary/aromatic N) is 4. The number of carbonyl (C=O) groups excluding carboxylic acids is 2. The van der Waals surface area contributed by atoms with Crippen LogP contribution in [0.3, 0.4) is 0 Å². The molecule has 1 N–H and O–H groups in total. The molecule has 7 nitrogen and oxygen atoms in total. The van der Waals surface area contributed by atoms with Crippen LogP contribution in [0.25, 0.3) is 0 Å². The third kappa shape index (κ3) is 3.60. The van der Waals surface area contributed by atoms with Crippen molar-refractivity contribution in [3.63, 3.8) is 0 Å². The molecule has 2 aliphatic rings. The third-order valence-electron chi connectivity index (χ3n) is 4.70. The van der Waals surface area contributed by atoms with Crippen LogP contribution in [-0.2, 0) is 18.4 Å². The summed E-state index contributed by atoms with van der Waals surface area (Å²) in [5, 5.41) is 2.92. The van der Waals surface area contributed by atoms with Gasteiger partial charge >= 0.3 is 6.03 Å². The second-order valence-electron chi connectivity index (χ2n) is 6.62. The van der Waals surface area contributed by atoms with Gasteiger partial charge in [0, 0.05) is 39.1 Å². The Bertz CT molecular complexity index is 651. The molecule has 1 aromatic heterocycles. The van der Waals surface area contributed by atoms with E-state index in [2.05, 4.69) is 16.4 Å². The first-order chi connectivity index (χ1) is 11.5. The number of nitrogens with one attached hydrogen (secondary N) is 1. The Morgan fingerprint density at radius 1 is 1.42 bits per heavy atom. The lowest BCUT2D eigenvalue weighted by molar-refractivity contribution is -0.136. The lowest BCUT2D eigenvalue weighted by Gasteiger charge is -2.34. The van der Waals surface area contributed by atoms with Crippen LogP contribution in [0.2, 0.25) is 0 Å². The van der Waals surface area contributed by atoms with Crippen molar-refractivity contribution in [2.24, 2.45) is 7.05 Å². The first kappa shape index (κ1) is 16.5. The molecule has 3 rings (SSSR count). The predicted octanol–water partition coefficient (Wildman–Crippen LogP) is 1.27. The van der Waals surface area contributed by atoms with E-state index in [0.717, 1.165) is 18.7 Å². The van der Waals surface area contributed by atoms with Crippen molar-refractivity contribution in [3.05, 3.63) is 29.9 Å². The lowest BCUT2D eigenvalue weighted by atomic mass is 10.0. The van der Waals surface area contributed by atoms with E-state index in [1.54, 1.807) is 16.0 Å². The monoisotopic (exact) mass is 331 g/mol. The van der Waals surface area contributed by atoms with Crippen LogP contribution in [0.5, 0.6) is 0 Å². The van der Waals surface area contributed by atoms with Crippen molar-refractivity contribution in [1.29, 1.82) is 0 Å². The van der Waals surface area contributed by atoms with Gasteiger partial charge in [0.1, 0.15) is 11.9 Å². The highest BCUT2D eigenvalue weighted by Gasteiger charge is 2.31. The summed E-state index contributed by atoms with van der Waals surface area (Å²) in [5.74, 6) is 0.842. The van der Waals surface area contributed by atoms with Crippen LogP contribution < -0.4 is 5.32 Å². The zero-order chi connectivity index (χ0) is 17.1. The second kappa shape index (κ2) is 7.07. The van der Waals surface area contributed by atoms with Gasteiger partial charge in [0.05, 0.1) is 6.54 Å². The molecule has 1 atom stereocenters. The molecular weight excluding hydrogens is 306 g/mol. The van der Waals surface area contributed by atoms with Gasteiger partial charge in [-0.05, 0) is 26.2 Å². The normalized spacial score (nSPS) is 21.7. The number of hydrogen-bond acceptors (Lipinski definition) is 3. The van der Waals surface area contributed by atoms with E-state index in [1.807, 2.05) is 24.7 Å². The molecule has 0 bridgehead atoms. The zero-order valence-electron chi connectivity index (χ0n) is 14.4. The number of piperidine rings is 1. The van der Waals surface area contributed by atoms with Crippen LogP contribution in [0, 0.1) is 0 Å². The fourth-order valence-electron chi connectivity index (χ4n) is 3.28. The molecule has 3 heterocycles. The Balaban J connectivity index is 1.59. The number of rotatable bonds is 3. The molecule has 2 aliphatic heterocycles. The van der Waals surface area contributed by atoms with Gasteiger partial charge < -0.3 is 19.7 Å². The highest BCUT2D eigenvalue weighted by Crippen LogP contribution is 2.16. The molecule has 1 fully saturated rings. The SMILES string of the molecule is CC1=CCCN(C(=O)NC2CCCN(Cc3nccn3C)C2=O)C1. The largest absolute Gasteiger partial charge is 0.337 e. The summed E-state index contributed by atoms with van der Waals surface area (Å²) in [5.41, 5.74) is 1.20. The fourth-order valence-corrected chi connectivity index (χ4v) is 3.28. The molecule has 130 valence electrons. The predicted molar refractivity (Wildman–Crippen MR) is 90.1 cm³/mol. The number of urea groups is 1. The molecule has 0 saturated carbocycles. The third-order valence-corrected chi connectivity index (χ3v) is 4.70. The maximum atomic E-state index is 12.7. The van der Waals surface area contributed by atoms with Gasteiger partial charge in [-0.15, -0.1) is 0 Å². The van der Waals surface area contributed by atoms with E-state index in [9.17, 15) is 9.59 Å². The van der Waals surface area contributed by atoms with Gasteiger partial charge in [-0.25, -0.2) is 9.78 Å². The van der Waals surface area contributed by atoms with Crippen molar-refractivity contribution in [2.45, 2.75) is 38.8 Å². The molecule has 0 radical (unpaired) electrons. The van der Waals surface area contributed by atoms with E-state index >= 15 is 0 Å². The van der Waals surface area contributed by atoms with Crippen molar-refractivity contribution in [2.75, 3.05) is 19.6 Å². The number of carbonyl (C=O) groups is 2. The van der Waals surface area contributed by atoms with Crippen molar-refractivity contribution in [3.8, 4) is 0 Å². The summed E-state index contributed by atoms with van der Waals surface area (Å²) in [6.45, 7) is 4.58. The molecule has 7 heteroatoms. The molecule has 3 amide bonds. The molecule has 0 aliphatic carbocycles. The minimum Gasteiger partial charge on any atom is -0.337 e. The Morgan fingerprint density at radius 3 is 2.96 bits per heavy atom. The average molecular weight is 331 g/mol. The lowest BCUT2D eigenvalue weighted by Crippen LogP contribution is -2.55. The van der Waals surface area contributed by atoms with Crippen molar-refractivity contribution < 1.29 is 9.59 Å². The van der Waals surface area contributed by atoms with Crippen molar-refractivity contribution >= 4 is 11.9 Å². The van der Waals surface area contributed by atoms with Gasteiger partial charge in [0.25, 0.3) is 0 Å². The van der Waals surface area contributed by atoms with Crippen LogP contribution in [0.4, 0.5) is 4.79 Å². The van der Waals surface area contributed by atoms with Crippen LogP contribution in [-0.4, -0.2) is 57.0 Å². The Hall–Kier alpha value is -2.31. The molecular formula is C17H25N5O2. The molecule has 24 heavy (non-hydrogen) atoms. The van der Waals surface area contributed by atoms with Gasteiger partial charge in [0.15, 0.2) is 0 Å². The summed E-state index contributed by atoms with van der Waals surface area (Å²) < 4.78 is 1.91. The molecule has 0 spiro atoms. The summed E-state index contributed by atoms with van der Waals surface area (Å²) in [4.78, 5) is 33.0. The zero-order valence-corrected chi connectivity index (χ0v) is 14.4. The van der Waals surface area contributed by atoms with E-state index in [4.69, 9.17) is 0 Å². The second-order valence-corrected chi connectivity index (χ2v) is 6.62. The highest BCUT2D eigenvalue weighted by atomic mass is 16.2. The standard InChI is InChI=1S/C17H25N5O2/c1-13-5-3-9-22(11-13)17(24)19-14-6-4-8-21(16(14)23)12-15-18-7-10-20(15)2/h5,7,10,14H,3-4,6,8-9,11-12H2,1-2H3,(H,19,24). The maximum Gasteiger partial charge on any atom is 0.318 e. The quantitative estimate of drug-likeness (QED) is 0.848. The summed E-state index contributed by atoms with van der Waals surface area (Å²) in [6.07, 6.45) is 8.22. The summed E-state index contributed by atoms with van der Waals surface area (Å²) in [6, 6.07) is -0.572. The minimum absolute atomic E-state index is 0.0122. The van der Waals surface area contributed by atoms with Gasteiger partial charge in [0.2, 0.25) is 5.91 Å². The number of hydrogen-bond donors (Lipinski definition) is 1. The van der Waals surface area contributed by atoms with Crippen LogP contribution >= 0.6 is 0 Å². The van der Waals surface area contributed by atoms with Crippen LogP contribution in [0.15, 0.2) is 24.0 Å². The smallest absolute Gasteiger partial charge is 0.318 e.